The van der Waals surface area contributed by atoms with Crippen LogP contribution < -0.4 is 10.6 Å². The standard InChI is InChI=1S/C11H16N2/c1-12-8-9-4-2-6-11-10(9)5-3-7-13-11/h2,4,6,12-13H,3,5,7-8H2,1H3. The molecule has 0 bridgehead atoms. The van der Waals surface area contributed by atoms with Gasteiger partial charge in [-0.3, -0.25) is 0 Å². The van der Waals surface area contributed by atoms with E-state index in [1.165, 1.54) is 29.7 Å². The first-order chi connectivity index (χ1) is 6.42. The van der Waals surface area contributed by atoms with E-state index in [0.717, 1.165) is 13.1 Å². The molecular formula is C11H16N2. The Balaban J connectivity index is 2.34. The zero-order valence-corrected chi connectivity index (χ0v) is 8.06. The van der Waals surface area contributed by atoms with Gasteiger partial charge in [-0.15, -0.1) is 0 Å². The number of hydrogen-bond donors (Lipinski definition) is 2. The Morgan fingerprint density at radius 3 is 3.23 bits per heavy atom. The van der Waals surface area contributed by atoms with E-state index in [9.17, 15) is 0 Å². The molecule has 0 unspecified atom stereocenters. The van der Waals surface area contributed by atoms with Gasteiger partial charge < -0.3 is 10.6 Å². The van der Waals surface area contributed by atoms with Gasteiger partial charge in [0.2, 0.25) is 0 Å². The summed E-state index contributed by atoms with van der Waals surface area (Å²) in [5, 5.41) is 6.64. The third-order valence-corrected chi connectivity index (χ3v) is 2.56. The Morgan fingerprint density at radius 1 is 1.46 bits per heavy atom. The van der Waals surface area contributed by atoms with Crippen LogP contribution >= 0.6 is 0 Å². The molecule has 0 saturated carbocycles. The zero-order valence-electron chi connectivity index (χ0n) is 8.06. The first-order valence-corrected chi connectivity index (χ1v) is 4.91. The highest BCUT2D eigenvalue weighted by Gasteiger charge is 2.10. The summed E-state index contributed by atoms with van der Waals surface area (Å²) >= 11 is 0. The number of rotatable bonds is 2. The summed E-state index contributed by atoms with van der Waals surface area (Å²) in [7, 11) is 2.00. The van der Waals surface area contributed by atoms with Gasteiger partial charge in [0, 0.05) is 18.8 Å². The number of nitrogens with one attached hydrogen (secondary N) is 2. The van der Waals surface area contributed by atoms with Crippen molar-refractivity contribution in [3.05, 3.63) is 29.3 Å². The van der Waals surface area contributed by atoms with E-state index in [4.69, 9.17) is 0 Å². The lowest BCUT2D eigenvalue weighted by Gasteiger charge is -2.20. The molecule has 2 rings (SSSR count). The van der Waals surface area contributed by atoms with Gasteiger partial charge in [0.15, 0.2) is 0 Å². The zero-order chi connectivity index (χ0) is 9.10. The molecule has 13 heavy (non-hydrogen) atoms. The van der Waals surface area contributed by atoms with Crippen LogP contribution in [0.5, 0.6) is 0 Å². The summed E-state index contributed by atoms with van der Waals surface area (Å²) in [4.78, 5) is 0. The summed E-state index contributed by atoms with van der Waals surface area (Å²) in [5.41, 5.74) is 4.27. The third kappa shape index (κ3) is 1.68. The molecule has 0 saturated heterocycles. The van der Waals surface area contributed by atoms with Gasteiger partial charge in [-0.1, -0.05) is 12.1 Å². The topological polar surface area (TPSA) is 24.1 Å². The van der Waals surface area contributed by atoms with Crippen molar-refractivity contribution >= 4 is 5.69 Å². The number of benzene rings is 1. The van der Waals surface area contributed by atoms with Crippen molar-refractivity contribution in [3.8, 4) is 0 Å². The minimum atomic E-state index is 0.977. The van der Waals surface area contributed by atoms with Crippen molar-refractivity contribution in [2.75, 3.05) is 18.9 Å². The van der Waals surface area contributed by atoms with Crippen LogP contribution in [0.15, 0.2) is 18.2 Å². The van der Waals surface area contributed by atoms with Gasteiger partial charge in [-0.2, -0.15) is 0 Å². The van der Waals surface area contributed by atoms with Crippen LogP contribution in [0.1, 0.15) is 17.5 Å². The molecule has 1 heterocycles. The molecular weight excluding hydrogens is 160 g/mol. The molecule has 2 nitrogen and oxygen atoms in total. The van der Waals surface area contributed by atoms with Crippen LogP contribution in [0, 0.1) is 0 Å². The van der Waals surface area contributed by atoms with Gasteiger partial charge >= 0.3 is 0 Å². The number of anilines is 1. The fraction of sp³-hybridized carbons (Fsp3) is 0.455. The van der Waals surface area contributed by atoms with E-state index in [-0.39, 0.29) is 0 Å². The molecule has 1 aromatic carbocycles. The lowest BCUT2D eigenvalue weighted by atomic mass is 9.98. The van der Waals surface area contributed by atoms with Crippen molar-refractivity contribution in [2.24, 2.45) is 0 Å². The summed E-state index contributed by atoms with van der Waals surface area (Å²) in [6.45, 7) is 2.10. The molecule has 2 heteroatoms. The predicted molar refractivity (Wildman–Crippen MR) is 56.0 cm³/mol. The van der Waals surface area contributed by atoms with Crippen LogP contribution in [-0.2, 0) is 13.0 Å². The first kappa shape index (κ1) is 8.57. The Hall–Kier alpha value is -1.02. The second-order valence-corrected chi connectivity index (χ2v) is 3.50. The van der Waals surface area contributed by atoms with Gasteiger partial charge in [-0.05, 0) is 37.1 Å². The quantitative estimate of drug-likeness (QED) is 0.717. The third-order valence-electron chi connectivity index (χ3n) is 2.56. The highest BCUT2D eigenvalue weighted by Crippen LogP contribution is 2.24. The van der Waals surface area contributed by atoms with E-state index in [2.05, 4.69) is 28.8 Å². The van der Waals surface area contributed by atoms with Crippen molar-refractivity contribution in [3.63, 3.8) is 0 Å². The molecule has 1 aliphatic rings. The highest BCUT2D eigenvalue weighted by atomic mass is 14.9. The monoisotopic (exact) mass is 176 g/mol. The molecule has 1 aliphatic heterocycles. The molecule has 0 fully saturated rings. The van der Waals surface area contributed by atoms with E-state index < -0.39 is 0 Å². The van der Waals surface area contributed by atoms with Gasteiger partial charge in [-0.25, -0.2) is 0 Å². The molecule has 1 aromatic rings. The Labute approximate surface area is 79.4 Å². The Bertz CT molecular complexity index is 294. The molecule has 70 valence electrons. The summed E-state index contributed by atoms with van der Waals surface area (Å²) in [5.74, 6) is 0. The maximum Gasteiger partial charge on any atom is 0.0375 e. The molecule has 0 radical (unpaired) electrons. The lowest BCUT2D eigenvalue weighted by molar-refractivity contribution is 0.772. The summed E-state index contributed by atoms with van der Waals surface area (Å²) in [6.07, 6.45) is 2.48. The summed E-state index contributed by atoms with van der Waals surface area (Å²) in [6, 6.07) is 6.51. The molecule has 2 N–H and O–H groups in total. The van der Waals surface area contributed by atoms with Crippen LogP contribution in [-0.4, -0.2) is 13.6 Å². The maximum atomic E-state index is 3.43. The van der Waals surface area contributed by atoms with E-state index in [1.54, 1.807) is 0 Å². The number of hydrogen-bond acceptors (Lipinski definition) is 2. The minimum absolute atomic E-state index is 0.977. The molecule has 0 aliphatic carbocycles. The molecule has 0 atom stereocenters. The second-order valence-electron chi connectivity index (χ2n) is 3.50. The fourth-order valence-electron chi connectivity index (χ4n) is 1.94. The van der Waals surface area contributed by atoms with Crippen molar-refractivity contribution in [1.29, 1.82) is 0 Å². The van der Waals surface area contributed by atoms with Crippen LogP contribution in [0.3, 0.4) is 0 Å². The summed E-state index contributed by atoms with van der Waals surface area (Å²) < 4.78 is 0. The smallest absolute Gasteiger partial charge is 0.0375 e. The predicted octanol–water partition coefficient (Wildman–Crippen LogP) is 1.76. The van der Waals surface area contributed by atoms with Crippen LogP contribution in [0.25, 0.3) is 0 Å². The SMILES string of the molecule is CNCc1cccc2c1CCCN2. The van der Waals surface area contributed by atoms with Crippen LogP contribution in [0.4, 0.5) is 5.69 Å². The molecule has 0 amide bonds. The number of fused-ring (bicyclic) bond motifs is 1. The Kier molecular flexibility index (Phi) is 2.50. The second kappa shape index (κ2) is 3.79. The van der Waals surface area contributed by atoms with Gasteiger partial charge in [0.25, 0.3) is 0 Å². The van der Waals surface area contributed by atoms with Gasteiger partial charge in [0.1, 0.15) is 0 Å². The molecule has 0 aromatic heterocycles. The largest absolute Gasteiger partial charge is 0.385 e. The maximum absolute atomic E-state index is 3.43. The van der Waals surface area contributed by atoms with Gasteiger partial charge in [0.05, 0.1) is 0 Å². The Morgan fingerprint density at radius 2 is 2.38 bits per heavy atom. The van der Waals surface area contributed by atoms with Crippen LogP contribution in [0.2, 0.25) is 0 Å². The lowest BCUT2D eigenvalue weighted by Crippen LogP contribution is -2.15. The highest BCUT2D eigenvalue weighted by molar-refractivity contribution is 5.56. The fourth-order valence-corrected chi connectivity index (χ4v) is 1.94. The van der Waals surface area contributed by atoms with E-state index >= 15 is 0 Å². The van der Waals surface area contributed by atoms with E-state index in [0.29, 0.717) is 0 Å². The van der Waals surface area contributed by atoms with Crippen molar-refractivity contribution in [2.45, 2.75) is 19.4 Å². The average molecular weight is 176 g/mol. The van der Waals surface area contributed by atoms with Crippen molar-refractivity contribution < 1.29 is 0 Å². The first-order valence-electron chi connectivity index (χ1n) is 4.91. The van der Waals surface area contributed by atoms with Crippen molar-refractivity contribution in [1.82, 2.24) is 5.32 Å². The average Bonchev–Trinajstić information content (AvgIpc) is 2.19. The normalized spacial score (nSPS) is 14.8. The molecule has 0 spiro atoms. The van der Waals surface area contributed by atoms with E-state index in [1.807, 2.05) is 7.05 Å². The minimum Gasteiger partial charge on any atom is -0.385 e.